The number of benzene rings is 1. The van der Waals surface area contributed by atoms with E-state index in [0.717, 1.165) is 37.1 Å². The lowest BCUT2D eigenvalue weighted by molar-refractivity contribution is 0.288. The normalized spacial score (nSPS) is 13.7. The Morgan fingerprint density at radius 3 is 2.69 bits per heavy atom. The number of nitrogens with zero attached hydrogens (tertiary/aromatic N) is 2. The summed E-state index contributed by atoms with van der Waals surface area (Å²) in [5.41, 5.74) is 2.32. The van der Waals surface area contributed by atoms with E-state index in [2.05, 4.69) is 39.7 Å². The van der Waals surface area contributed by atoms with Gasteiger partial charge >= 0.3 is 0 Å². The predicted octanol–water partition coefficient (Wildman–Crippen LogP) is 3.74. The molecule has 1 aromatic carbocycles. The largest absolute Gasteiger partial charge is 0.477 e. The Labute approximate surface area is 172 Å². The number of aliphatic imine (C=N–C) groups is 1. The molecule has 1 fully saturated rings. The fourth-order valence-corrected chi connectivity index (χ4v) is 2.41. The van der Waals surface area contributed by atoms with Crippen LogP contribution in [-0.4, -0.2) is 24.1 Å². The molecule has 2 aromatic rings. The van der Waals surface area contributed by atoms with Crippen molar-refractivity contribution in [2.75, 3.05) is 13.2 Å². The van der Waals surface area contributed by atoms with Gasteiger partial charge in [0.15, 0.2) is 5.96 Å². The second-order valence-corrected chi connectivity index (χ2v) is 6.29. The molecule has 6 heteroatoms. The minimum atomic E-state index is 0. The average molecular weight is 466 g/mol. The number of guanidine groups is 1. The van der Waals surface area contributed by atoms with Crippen molar-refractivity contribution in [3.05, 3.63) is 59.8 Å². The van der Waals surface area contributed by atoms with Crippen molar-refractivity contribution >= 4 is 29.9 Å². The third-order valence-corrected chi connectivity index (χ3v) is 4.03. The summed E-state index contributed by atoms with van der Waals surface area (Å²) in [4.78, 5) is 8.94. The number of rotatable bonds is 8. The van der Waals surface area contributed by atoms with Crippen molar-refractivity contribution in [1.29, 1.82) is 0 Å². The molecular formula is C20H27IN4O. The van der Waals surface area contributed by atoms with Crippen LogP contribution in [0.15, 0.2) is 53.7 Å². The van der Waals surface area contributed by atoms with Crippen LogP contribution >= 0.6 is 24.0 Å². The Morgan fingerprint density at radius 1 is 1.15 bits per heavy atom. The molecule has 2 N–H and O–H groups in total. The first-order valence-corrected chi connectivity index (χ1v) is 8.97. The van der Waals surface area contributed by atoms with Gasteiger partial charge in [-0.1, -0.05) is 30.3 Å². The molecule has 1 aromatic heterocycles. The summed E-state index contributed by atoms with van der Waals surface area (Å²) >= 11 is 0. The van der Waals surface area contributed by atoms with Gasteiger partial charge < -0.3 is 15.4 Å². The molecule has 1 saturated carbocycles. The van der Waals surface area contributed by atoms with Gasteiger partial charge in [-0.3, -0.25) is 0 Å². The highest BCUT2D eigenvalue weighted by Crippen LogP contribution is 2.29. The lowest BCUT2D eigenvalue weighted by atomic mass is 10.2. The Bertz CT molecular complexity index is 689. The molecular weight excluding hydrogens is 439 g/mol. The standard InChI is InChI=1S/C20H26N4O.HI/c1-2-21-20(23-13-16-6-4-3-5-7-16)24-14-18-10-11-22-19(12-18)25-15-17-8-9-17;/h3-7,10-12,17H,2,8-9,13-15H2,1H3,(H2,21,23,24);1H. The van der Waals surface area contributed by atoms with Crippen LogP contribution in [-0.2, 0) is 13.1 Å². The molecule has 0 radical (unpaired) electrons. The molecule has 0 atom stereocenters. The number of pyridine rings is 1. The molecule has 1 heterocycles. The quantitative estimate of drug-likeness (QED) is 0.354. The SMILES string of the molecule is CCNC(=NCc1ccnc(OCC2CC2)c1)NCc1ccccc1.I. The van der Waals surface area contributed by atoms with E-state index in [1.165, 1.54) is 18.4 Å². The first kappa shape index (κ1) is 20.5. The van der Waals surface area contributed by atoms with Crippen molar-refractivity contribution in [1.82, 2.24) is 15.6 Å². The first-order valence-electron chi connectivity index (χ1n) is 8.97. The Hall–Kier alpha value is -1.83. The fourth-order valence-electron chi connectivity index (χ4n) is 2.41. The highest BCUT2D eigenvalue weighted by atomic mass is 127. The number of aromatic nitrogens is 1. The highest BCUT2D eigenvalue weighted by Gasteiger charge is 2.22. The van der Waals surface area contributed by atoms with E-state index < -0.39 is 0 Å². The summed E-state index contributed by atoms with van der Waals surface area (Å²) in [5.74, 6) is 2.23. The number of nitrogens with one attached hydrogen (secondary N) is 2. The predicted molar refractivity (Wildman–Crippen MR) is 116 cm³/mol. The van der Waals surface area contributed by atoms with Crippen molar-refractivity contribution < 1.29 is 4.74 Å². The topological polar surface area (TPSA) is 58.5 Å². The molecule has 1 aliphatic carbocycles. The molecule has 1 aliphatic rings. The van der Waals surface area contributed by atoms with E-state index >= 15 is 0 Å². The van der Waals surface area contributed by atoms with Gasteiger partial charge in [0.1, 0.15) is 0 Å². The van der Waals surface area contributed by atoms with E-state index in [1.807, 2.05) is 30.3 Å². The molecule has 0 unspecified atom stereocenters. The molecule has 0 bridgehead atoms. The number of hydrogen-bond donors (Lipinski definition) is 2. The lowest BCUT2D eigenvalue weighted by Crippen LogP contribution is -2.36. The molecule has 0 amide bonds. The van der Waals surface area contributed by atoms with Gasteiger partial charge in [-0.25, -0.2) is 9.98 Å². The van der Waals surface area contributed by atoms with Gasteiger partial charge in [0.25, 0.3) is 0 Å². The van der Waals surface area contributed by atoms with Crippen LogP contribution < -0.4 is 15.4 Å². The van der Waals surface area contributed by atoms with Crippen LogP contribution in [0.1, 0.15) is 30.9 Å². The summed E-state index contributed by atoms with van der Waals surface area (Å²) in [6.07, 6.45) is 4.35. The summed E-state index contributed by atoms with van der Waals surface area (Å²) < 4.78 is 5.74. The average Bonchev–Trinajstić information content (AvgIpc) is 3.48. The van der Waals surface area contributed by atoms with Gasteiger partial charge in [0.05, 0.1) is 13.2 Å². The second kappa shape index (κ2) is 11.0. The smallest absolute Gasteiger partial charge is 0.213 e. The van der Waals surface area contributed by atoms with Gasteiger partial charge in [0, 0.05) is 25.4 Å². The van der Waals surface area contributed by atoms with Crippen molar-refractivity contribution in [2.24, 2.45) is 10.9 Å². The molecule has 3 rings (SSSR count). The molecule has 0 saturated heterocycles. The Morgan fingerprint density at radius 2 is 1.96 bits per heavy atom. The van der Waals surface area contributed by atoms with Crippen LogP contribution in [0.5, 0.6) is 5.88 Å². The van der Waals surface area contributed by atoms with E-state index in [1.54, 1.807) is 6.20 Å². The Kier molecular flexibility index (Phi) is 8.67. The van der Waals surface area contributed by atoms with Crippen LogP contribution in [0, 0.1) is 5.92 Å². The minimum absolute atomic E-state index is 0. The molecule has 5 nitrogen and oxygen atoms in total. The van der Waals surface area contributed by atoms with E-state index in [-0.39, 0.29) is 24.0 Å². The third kappa shape index (κ3) is 7.19. The maximum Gasteiger partial charge on any atom is 0.213 e. The maximum absolute atomic E-state index is 5.74. The zero-order valence-corrected chi connectivity index (χ0v) is 17.5. The third-order valence-electron chi connectivity index (χ3n) is 4.03. The zero-order chi connectivity index (χ0) is 17.3. The highest BCUT2D eigenvalue weighted by molar-refractivity contribution is 14.0. The minimum Gasteiger partial charge on any atom is -0.477 e. The monoisotopic (exact) mass is 466 g/mol. The Balaban J connectivity index is 0.00000243. The summed E-state index contributed by atoms with van der Waals surface area (Å²) in [6, 6.07) is 14.3. The summed E-state index contributed by atoms with van der Waals surface area (Å²) in [5, 5.41) is 6.64. The summed E-state index contributed by atoms with van der Waals surface area (Å²) in [6.45, 7) is 5.01. The lowest BCUT2D eigenvalue weighted by Gasteiger charge is -2.11. The van der Waals surface area contributed by atoms with Gasteiger partial charge in [-0.15, -0.1) is 24.0 Å². The molecule has 0 aliphatic heterocycles. The van der Waals surface area contributed by atoms with Crippen molar-refractivity contribution in [3.8, 4) is 5.88 Å². The maximum atomic E-state index is 5.74. The van der Waals surface area contributed by atoms with E-state index in [9.17, 15) is 0 Å². The molecule has 26 heavy (non-hydrogen) atoms. The van der Waals surface area contributed by atoms with Gasteiger partial charge in [0.2, 0.25) is 5.88 Å². The van der Waals surface area contributed by atoms with Crippen LogP contribution in [0.4, 0.5) is 0 Å². The van der Waals surface area contributed by atoms with E-state index in [4.69, 9.17) is 4.74 Å². The van der Waals surface area contributed by atoms with Crippen LogP contribution in [0.25, 0.3) is 0 Å². The van der Waals surface area contributed by atoms with Crippen LogP contribution in [0.3, 0.4) is 0 Å². The number of ether oxygens (including phenoxy) is 1. The van der Waals surface area contributed by atoms with Crippen molar-refractivity contribution in [3.63, 3.8) is 0 Å². The first-order chi connectivity index (χ1) is 12.3. The summed E-state index contributed by atoms with van der Waals surface area (Å²) in [7, 11) is 0. The second-order valence-electron chi connectivity index (χ2n) is 6.29. The molecule has 0 spiro atoms. The molecule has 140 valence electrons. The van der Waals surface area contributed by atoms with Crippen molar-refractivity contribution in [2.45, 2.75) is 32.9 Å². The van der Waals surface area contributed by atoms with Crippen LogP contribution in [0.2, 0.25) is 0 Å². The number of halogens is 1. The van der Waals surface area contributed by atoms with Gasteiger partial charge in [-0.2, -0.15) is 0 Å². The van der Waals surface area contributed by atoms with Gasteiger partial charge in [-0.05, 0) is 42.9 Å². The van der Waals surface area contributed by atoms with E-state index in [0.29, 0.717) is 12.4 Å². The number of hydrogen-bond acceptors (Lipinski definition) is 3. The fraction of sp³-hybridized carbons (Fsp3) is 0.400. The zero-order valence-electron chi connectivity index (χ0n) is 15.1.